The van der Waals surface area contributed by atoms with E-state index in [1.165, 1.54) is 4.88 Å². The van der Waals surface area contributed by atoms with Gasteiger partial charge in [-0.15, -0.1) is 11.3 Å². The van der Waals surface area contributed by atoms with Gasteiger partial charge in [-0.05, 0) is 11.4 Å². The highest BCUT2D eigenvalue weighted by Gasteiger charge is 2.00. The normalized spacial score (nSPS) is 10.9. The third kappa shape index (κ3) is 4.96. The van der Waals surface area contributed by atoms with Crippen LogP contribution in [-0.2, 0) is 13.0 Å². The van der Waals surface area contributed by atoms with Gasteiger partial charge in [0.05, 0.1) is 24.7 Å². The van der Waals surface area contributed by atoms with Crippen molar-refractivity contribution in [2.75, 3.05) is 6.61 Å². The van der Waals surface area contributed by atoms with E-state index in [1.54, 1.807) is 23.7 Å². The minimum Gasteiger partial charge on any atom is -0.476 e. The predicted octanol–water partition coefficient (Wildman–Crippen LogP) is 2.66. The quantitative estimate of drug-likeness (QED) is 0.845. The van der Waals surface area contributed by atoms with Gasteiger partial charge < -0.3 is 10.1 Å². The summed E-state index contributed by atoms with van der Waals surface area (Å²) in [5, 5.41) is 5.38. The molecule has 2 aromatic heterocycles. The molecule has 0 aromatic carbocycles. The molecular formula is C14H19N3OS. The highest BCUT2D eigenvalue weighted by atomic mass is 32.1. The van der Waals surface area contributed by atoms with Crippen LogP contribution in [0.3, 0.4) is 0 Å². The molecule has 0 aliphatic carbocycles. The Morgan fingerprint density at radius 2 is 2.21 bits per heavy atom. The fourth-order valence-corrected chi connectivity index (χ4v) is 2.22. The summed E-state index contributed by atoms with van der Waals surface area (Å²) >= 11 is 1.75. The molecule has 0 amide bonds. The Labute approximate surface area is 117 Å². The monoisotopic (exact) mass is 277 g/mol. The second-order valence-corrected chi connectivity index (χ2v) is 5.59. The highest BCUT2D eigenvalue weighted by Crippen LogP contribution is 2.10. The first-order valence-electron chi connectivity index (χ1n) is 6.43. The number of hydrogen-bond donors (Lipinski definition) is 1. The molecule has 0 radical (unpaired) electrons. The molecule has 1 N–H and O–H groups in total. The summed E-state index contributed by atoms with van der Waals surface area (Å²) in [5.41, 5.74) is 0.930. The Morgan fingerprint density at radius 3 is 2.84 bits per heavy atom. The second kappa shape index (κ2) is 7.21. The number of aromatic nitrogens is 2. The van der Waals surface area contributed by atoms with Crippen LogP contribution in [0.5, 0.6) is 5.88 Å². The molecule has 102 valence electrons. The first-order chi connectivity index (χ1) is 9.24. The molecule has 0 atom stereocenters. The van der Waals surface area contributed by atoms with Crippen molar-refractivity contribution >= 4 is 11.3 Å². The molecule has 0 unspecified atom stereocenters. The zero-order chi connectivity index (χ0) is 13.5. The minimum atomic E-state index is 0.448. The second-order valence-electron chi connectivity index (χ2n) is 4.56. The Kier molecular flexibility index (Phi) is 5.30. The number of nitrogens with zero attached hydrogens (tertiary/aromatic N) is 2. The highest BCUT2D eigenvalue weighted by molar-refractivity contribution is 7.09. The first kappa shape index (κ1) is 14.0. The van der Waals surface area contributed by atoms with E-state index in [-0.39, 0.29) is 0 Å². The Balaban J connectivity index is 1.75. The van der Waals surface area contributed by atoms with Gasteiger partial charge in [0.2, 0.25) is 5.88 Å². The van der Waals surface area contributed by atoms with Gasteiger partial charge in [0, 0.05) is 23.9 Å². The molecule has 0 aliphatic rings. The average Bonchev–Trinajstić information content (AvgIpc) is 2.91. The van der Waals surface area contributed by atoms with Crippen LogP contribution >= 0.6 is 11.3 Å². The van der Waals surface area contributed by atoms with Crippen molar-refractivity contribution in [2.24, 2.45) is 0 Å². The first-order valence-corrected chi connectivity index (χ1v) is 7.31. The molecule has 2 heterocycles. The van der Waals surface area contributed by atoms with Crippen molar-refractivity contribution < 1.29 is 4.74 Å². The van der Waals surface area contributed by atoms with Gasteiger partial charge in [-0.1, -0.05) is 19.9 Å². The number of ether oxygens (including phenoxy) is 1. The molecule has 2 rings (SSSR count). The third-order valence-corrected chi connectivity index (χ3v) is 3.49. The van der Waals surface area contributed by atoms with Crippen molar-refractivity contribution in [3.05, 3.63) is 40.5 Å². The van der Waals surface area contributed by atoms with Gasteiger partial charge in [-0.2, -0.15) is 0 Å². The standard InChI is InChI=1S/C14H19N3OS/c1-11(2)15-8-12-9-17-14(10-16-12)18-6-5-13-4-3-7-19-13/h3-4,7,9-11,15H,5-6,8H2,1-2H3. The lowest BCUT2D eigenvalue weighted by atomic mass is 10.3. The topological polar surface area (TPSA) is 47.0 Å². The molecule has 19 heavy (non-hydrogen) atoms. The van der Waals surface area contributed by atoms with Gasteiger partial charge >= 0.3 is 0 Å². The molecule has 2 aromatic rings. The summed E-state index contributed by atoms with van der Waals surface area (Å²) in [5.74, 6) is 0.588. The number of nitrogens with one attached hydrogen (secondary N) is 1. The van der Waals surface area contributed by atoms with E-state index < -0.39 is 0 Å². The van der Waals surface area contributed by atoms with Crippen LogP contribution in [0.2, 0.25) is 0 Å². The van der Waals surface area contributed by atoms with E-state index in [0.29, 0.717) is 18.5 Å². The zero-order valence-electron chi connectivity index (χ0n) is 11.3. The maximum absolute atomic E-state index is 5.57. The van der Waals surface area contributed by atoms with Crippen LogP contribution in [0.25, 0.3) is 0 Å². The van der Waals surface area contributed by atoms with Crippen LogP contribution in [0.1, 0.15) is 24.4 Å². The molecule has 0 bridgehead atoms. The molecule has 0 saturated carbocycles. The molecule has 0 fully saturated rings. The maximum atomic E-state index is 5.57. The van der Waals surface area contributed by atoms with Gasteiger partial charge in [0.25, 0.3) is 0 Å². The molecule has 5 heteroatoms. The summed E-state index contributed by atoms with van der Waals surface area (Å²) in [7, 11) is 0. The Hall–Kier alpha value is -1.46. The van der Waals surface area contributed by atoms with Crippen LogP contribution in [-0.4, -0.2) is 22.6 Å². The van der Waals surface area contributed by atoms with Crippen LogP contribution in [0.15, 0.2) is 29.9 Å². The van der Waals surface area contributed by atoms with E-state index in [4.69, 9.17) is 4.74 Å². The van der Waals surface area contributed by atoms with E-state index in [1.807, 2.05) is 0 Å². The summed E-state index contributed by atoms with van der Waals surface area (Å²) in [6.45, 7) is 5.59. The Bertz CT molecular complexity index is 468. The molecule has 4 nitrogen and oxygen atoms in total. The summed E-state index contributed by atoms with van der Waals surface area (Å²) < 4.78 is 5.57. The van der Waals surface area contributed by atoms with Crippen molar-refractivity contribution in [2.45, 2.75) is 32.9 Å². The number of thiophene rings is 1. The van der Waals surface area contributed by atoms with Gasteiger partial charge in [0.1, 0.15) is 0 Å². The largest absolute Gasteiger partial charge is 0.476 e. The number of hydrogen-bond acceptors (Lipinski definition) is 5. The van der Waals surface area contributed by atoms with Crippen molar-refractivity contribution in [1.82, 2.24) is 15.3 Å². The summed E-state index contributed by atoms with van der Waals surface area (Å²) in [6.07, 6.45) is 4.36. The van der Waals surface area contributed by atoms with E-state index in [0.717, 1.165) is 18.7 Å². The fourth-order valence-electron chi connectivity index (χ4n) is 1.53. The summed E-state index contributed by atoms with van der Waals surface area (Å²) in [6, 6.07) is 4.61. The fraction of sp³-hybridized carbons (Fsp3) is 0.429. The lowest BCUT2D eigenvalue weighted by molar-refractivity contribution is 0.308. The van der Waals surface area contributed by atoms with Gasteiger partial charge in [0.15, 0.2) is 0 Å². The zero-order valence-corrected chi connectivity index (χ0v) is 12.1. The smallest absolute Gasteiger partial charge is 0.232 e. The maximum Gasteiger partial charge on any atom is 0.232 e. The van der Waals surface area contributed by atoms with Gasteiger partial charge in [-0.25, -0.2) is 4.98 Å². The van der Waals surface area contributed by atoms with Crippen molar-refractivity contribution in [1.29, 1.82) is 0 Å². The van der Waals surface area contributed by atoms with E-state index in [2.05, 4.69) is 46.6 Å². The lowest BCUT2D eigenvalue weighted by Gasteiger charge is -2.08. The third-order valence-electron chi connectivity index (χ3n) is 2.55. The van der Waals surface area contributed by atoms with E-state index >= 15 is 0 Å². The molecular weight excluding hydrogens is 258 g/mol. The molecule has 0 spiro atoms. The van der Waals surface area contributed by atoms with E-state index in [9.17, 15) is 0 Å². The van der Waals surface area contributed by atoms with Crippen LogP contribution in [0, 0.1) is 0 Å². The molecule has 0 aliphatic heterocycles. The van der Waals surface area contributed by atoms with Crippen LogP contribution in [0.4, 0.5) is 0 Å². The summed E-state index contributed by atoms with van der Waals surface area (Å²) in [4.78, 5) is 9.90. The van der Waals surface area contributed by atoms with Crippen molar-refractivity contribution in [3.8, 4) is 5.88 Å². The van der Waals surface area contributed by atoms with Crippen LogP contribution < -0.4 is 10.1 Å². The number of rotatable bonds is 7. The van der Waals surface area contributed by atoms with Crippen molar-refractivity contribution in [3.63, 3.8) is 0 Å². The molecule has 0 saturated heterocycles. The van der Waals surface area contributed by atoms with Gasteiger partial charge in [-0.3, -0.25) is 4.98 Å². The predicted molar refractivity (Wildman–Crippen MR) is 77.5 cm³/mol. The SMILES string of the molecule is CC(C)NCc1cnc(OCCc2cccs2)cn1. The average molecular weight is 277 g/mol. The Morgan fingerprint density at radius 1 is 1.32 bits per heavy atom. The minimum absolute atomic E-state index is 0.448. The lowest BCUT2D eigenvalue weighted by Crippen LogP contribution is -2.22.